The Hall–Kier alpha value is -2.16. The predicted molar refractivity (Wildman–Crippen MR) is 128 cm³/mol. The van der Waals surface area contributed by atoms with E-state index in [1.165, 1.54) is 34.2 Å². The SMILES string of the molecule is CC(C)c1ccc(CN2CCN(C(=O)CSCc3cc(=O)n4ccsc4n3)CC2)cc1. The van der Waals surface area contributed by atoms with Crippen molar-refractivity contribution in [1.29, 1.82) is 0 Å². The van der Waals surface area contributed by atoms with Gasteiger partial charge in [0.1, 0.15) is 0 Å². The van der Waals surface area contributed by atoms with Crippen molar-refractivity contribution >= 4 is 34.0 Å². The standard InChI is InChI=1S/C23H28N4O2S2/c1-17(2)19-5-3-18(4-6-19)14-25-7-9-26(10-8-25)22(29)16-30-15-20-13-21(28)27-11-12-31-23(27)24-20/h3-6,11-13,17H,7-10,14-16H2,1-2H3. The minimum atomic E-state index is -0.0665. The smallest absolute Gasteiger partial charge is 0.258 e. The first kappa shape index (κ1) is 22.0. The van der Waals surface area contributed by atoms with Gasteiger partial charge in [0.25, 0.3) is 5.56 Å². The maximum atomic E-state index is 12.6. The van der Waals surface area contributed by atoms with Gasteiger partial charge in [0.2, 0.25) is 5.91 Å². The molecule has 0 spiro atoms. The number of benzene rings is 1. The number of aromatic nitrogens is 2. The topological polar surface area (TPSA) is 57.9 Å². The summed E-state index contributed by atoms with van der Waals surface area (Å²) in [6.07, 6.45) is 1.73. The van der Waals surface area contributed by atoms with Gasteiger partial charge in [-0.05, 0) is 17.0 Å². The van der Waals surface area contributed by atoms with Crippen LogP contribution in [0.5, 0.6) is 0 Å². The molecule has 1 aromatic carbocycles. The third kappa shape index (κ3) is 5.56. The number of thioether (sulfide) groups is 1. The summed E-state index contributed by atoms with van der Waals surface area (Å²) in [5.74, 6) is 1.71. The zero-order valence-corrected chi connectivity index (χ0v) is 19.6. The molecule has 0 bridgehead atoms. The molecule has 0 radical (unpaired) electrons. The molecule has 1 saturated heterocycles. The van der Waals surface area contributed by atoms with Gasteiger partial charge in [0.15, 0.2) is 4.96 Å². The van der Waals surface area contributed by atoms with E-state index in [4.69, 9.17) is 0 Å². The first-order chi connectivity index (χ1) is 15.0. The van der Waals surface area contributed by atoms with Gasteiger partial charge in [-0.1, -0.05) is 38.1 Å². The van der Waals surface area contributed by atoms with E-state index in [0.29, 0.717) is 22.4 Å². The highest BCUT2D eigenvalue weighted by atomic mass is 32.2. The Morgan fingerprint density at radius 3 is 2.61 bits per heavy atom. The maximum absolute atomic E-state index is 12.6. The van der Waals surface area contributed by atoms with Crippen LogP contribution in [0.1, 0.15) is 36.6 Å². The van der Waals surface area contributed by atoms with Gasteiger partial charge in [0.05, 0.1) is 11.4 Å². The van der Waals surface area contributed by atoms with Crippen molar-refractivity contribution in [2.24, 2.45) is 0 Å². The minimum absolute atomic E-state index is 0.0665. The first-order valence-electron chi connectivity index (χ1n) is 10.6. The van der Waals surface area contributed by atoms with E-state index in [0.717, 1.165) is 38.4 Å². The van der Waals surface area contributed by atoms with Gasteiger partial charge in [-0.15, -0.1) is 23.1 Å². The molecule has 0 N–H and O–H groups in total. The monoisotopic (exact) mass is 456 g/mol. The molecule has 31 heavy (non-hydrogen) atoms. The molecule has 8 heteroatoms. The Kier molecular flexibility index (Phi) is 7.09. The number of nitrogens with zero attached hydrogens (tertiary/aromatic N) is 4. The number of hydrogen-bond acceptors (Lipinski definition) is 6. The van der Waals surface area contributed by atoms with Gasteiger partial charge in [-0.2, -0.15) is 0 Å². The maximum Gasteiger partial charge on any atom is 0.258 e. The molecule has 1 amide bonds. The van der Waals surface area contributed by atoms with Crippen LogP contribution >= 0.6 is 23.1 Å². The Balaban J connectivity index is 1.21. The van der Waals surface area contributed by atoms with Gasteiger partial charge in [-0.3, -0.25) is 18.9 Å². The molecule has 164 valence electrons. The zero-order chi connectivity index (χ0) is 21.8. The number of carbonyl (C=O) groups is 1. The molecule has 1 fully saturated rings. The van der Waals surface area contributed by atoms with E-state index in [9.17, 15) is 9.59 Å². The summed E-state index contributed by atoms with van der Waals surface area (Å²) in [4.78, 5) is 34.2. The minimum Gasteiger partial charge on any atom is -0.339 e. The summed E-state index contributed by atoms with van der Waals surface area (Å²) in [7, 11) is 0. The summed E-state index contributed by atoms with van der Waals surface area (Å²) in [5, 5.41) is 1.85. The van der Waals surface area contributed by atoms with E-state index in [1.807, 2.05) is 10.3 Å². The first-order valence-corrected chi connectivity index (χ1v) is 12.7. The zero-order valence-electron chi connectivity index (χ0n) is 18.0. The average Bonchev–Trinajstić information content (AvgIpc) is 3.24. The van der Waals surface area contributed by atoms with E-state index < -0.39 is 0 Å². The van der Waals surface area contributed by atoms with Crippen molar-refractivity contribution in [2.75, 3.05) is 31.9 Å². The number of rotatable bonds is 7. The quantitative estimate of drug-likeness (QED) is 0.545. The van der Waals surface area contributed by atoms with Gasteiger partial charge in [0, 0.05) is 56.1 Å². The molecule has 2 aromatic heterocycles. The summed E-state index contributed by atoms with van der Waals surface area (Å²) in [5.41, 5.74) is 3.36. The fraction of sp³-hybridized carbons (Fsp3) is 0.435. The number of thiazole rings is 1. The number of amides is 1. The summed E-state index contributed by atoms with van der Waals surface area (Å²) >= 11 is 2.97. The van der Waals surface area contributed by atoms with Crippen LogP contribution < -0.4 is 5.56 Å². The van der Waals surface area contributed by atoms with Crippen LogP contribution in [-0.2, 0) is 17.1 Å². The van der Waals surface area contributed by atoms with Gasteiger partial charge >= 0.3 is 0 Å². The molecule has 0 saturated carbocycles. The molecule has 1 aliphatic heterocycles. The molecule has 0 atom stereocenters. The number of carbonyl (C=O) groups excluding carboxylic acids is 1. The highest BCUT2D eigenvalue weighted by Gasteiger charge is 2.21. The summed E-state index contributed by atoms with van der Waals surface area (Å²) in [6, 6.07) is 10.4. The summed E-state index contributed by atoms with van der Waals surface area (Å²) in [6.45, 7) is 8.69. The fourth-order valence-electron chi connectivity index (χ4n) is 3.72. The van der Waals surface area contributed by atoms with E-state index in [2.05, 4.69) is 48.0 Å². The Labute approximate surface area is 190 Å². The average molecular weight is 457 g/mol. The van der Waals surface area contributed by atoms with Crippen molar-refractivity contribution in [3.8, 4) is 0 Å². The highest BCUT2D eigenvalue weighted by molar-refractivity contribution is 7.99. The van der Waals surface area contributed by atoms with Gasteiger partial charge in [-0.25, -0.2) is 4.98 Å². The molecule has 3 heterocycles. The predicted octanol–water partition coefficient (Wildman–Crippen LogP) is 3.46. The number of fused-ring (bicyclic) bond motifs is 1. The molecule has 4 rings (SSSR count). The molecule has 1 aliphatic rings. The van der Waals surface area contributed by atoms with Crippen LogP contribution in [0, 0.1) is 0 Å². The van der Waals surface area contributed by atoms with Crippen molar-refractivity contribution in [3.63, 3.8) is 0 Å². The van der Waals surface area contributed by atoms with Crippen molar-refractivity contribution in [1.82, 2.24) is 19.2 Å². The lowest BCUT2D eigenvalue weighted by Gasteiger charge is -2.34. The van der Waals surface area contributed by atoms with Crippen molar-refractivity contribution in [3.05, 3.63) is 69.1 Å². The Morgan fingerprint density at radius 2 is 1.90 bits per heavy atom. The highest BCUT2D eigenvalue weighted by Crippen LogP contribution is 2.17. The second-order valence-electron chi connectivity index (χ2n) is 8.19. The number of piperazine rings is 1. The fourth-order valence-corrected chi connectivity index (χ4v) is 5.27. The number of hydrogen-bond donors (Lipinski definition) is 0. The second-order valence-corrected chi connectivity index (χ2v) is 10.0. The molecular weight excluding hydrogens is 428 g/mol. The summed E-state index contributed by atoms with van der Waals surface area (Å²) < 4.78 is 1.54. The third-order valence-electron chi connectivity index (χ3n) is 5.61. The van der Waals surface area contributed by atoms with Crippen LogP contribution in [0.4, 0.5) is 0 Å². The molecular formula is C23H28N4O2S2. The lowest BCUT2D eigenvalue weighted by Crippen LogP contribution is -2.48. The molecule has 6 nitrogen and oxygen atoms in total. The Bertz CT molecular complexity index is 1080. The Morgan fingerprint density at radius 1 is 1.16 bits per heavy atom. The molecule has 0 aliphatic carbocycles. The third-order valence-corrected chi connectivity index (χ3v) is 7.32. The van der Waals surface area contributed by atoms with Crippen LogP contribution in [-0.4, -0.2) is 57.0 Å². The van der Waals surface area contributed by atoms with E-state index in [-0.39, 0.29) is 11.5 Å². The second kappa shape index (κ2) is 9.97. The molecule has 3 aromatic rings. The largest absolute Gasteiger partial charge is 0.339 e. The van der Waals surface area contributed by atoms with Crippen LogP contribution in [0.25, 0.3) is 4.96 Å². The van der Waals surface area contributed by atoms with E-state index >= 15 is 0 Å². The van der Waals surface area contributed by atoms with Crippen LogP contribution in [0.15, 0.2) is 46.7 Å². The van der Waals surface area contributed by atoms with E-state index in [1.54, 1.807) is 16.7 Å². The van der Waals surface area contributed by atoms with Crippen LogP contribution in [0.3, 0.4) is 0 Å². The molecule has 0 unspecified atom stereocenters. The van der Waals surface area contributed by atoms with Gasteiger partial charge < -0.3 is 4.90 Å². The lowest BCUT2D eigenvalue weighted by molar-refractivity contribution is -0.130. The normalized spacial score (nSPS) is 15.1. The van der Waals surface area contributed by atoms with Crippen molar-refractivity contribution < 1.29 is 4.79 Å². The van der Waals surface area contributed by atoms with Crippen molar-refractivity contribution in [2.45, 2.75) is 32.1 Å². The lowest BCUT2D eigenvalue weighted by atomic mass is 10.0. The van der Waals surface area contributed by atoms with Crippen LogP contribution in [0.2, 0.25) is 0 Å².